The molecule has 7 nitrogen and oxygen atoms in total. The fourth-order valence-corrected chi connectivity index (χ4v) is 1.64. The number of hydrogen-bond donors (Lipinski definition) is 4. The lowest BCUT2D eigenvalue weighted by Gasteiger charge is -2.02. The van der Waals surface area contributed by atoms with E-state index < -0.39 is 24.1 Å². The van der Waals surface area contributed by atoms with Crippen molar-refractivity contribution < 1.29 is 15.0 Å². The lowest BCUT2D eigenvalue weighted by atomic mass is 10.1. The average Bonchev–Trinajstić information content (AvgIpc) is 2.56. The van der Waals surface area contributed by atoms with E-state index >= 15 is 0 Å². The van der Waals surface area contributed by atoms with E-state index in [0.29, 0.717) is 11.3 Å². The van der Waals surface area contributed by atoms with E-state index in [4.69, 9.17) is 10.8 Å². The van der Waals surface area contributed by atoms with Crippen molar-refractivity contribution in [1.82, 2.24) is 9.55 Å². The summed E-state index contributed by atoms with van der Waals surface area (Å²) in [5.74, 6) is -1.64. The highest BCUT2D eigenvalue weighted by Crippen LogP contribution is 2.26. The van der Waals surface area contributed by atoms with Gasteiger partial charge in [0.25, 0.3) is 0 Å². The molecule has 0 saturated carbocycles. The van der Waals surface area contributed by atoms with Gasteiger partial charge in [-0.3, -0.25) is 9.36 Å². The molecule has 0 unspecified atom stereocenters. The van der Waals surface area contributed by atoms with Gasteiger partial charge in [0.1, 0.15) is 12.2 Å². The minimum atomic E-state index is -1.22. The quantitative estimate of drug-likeness (QED) is 0.579. The second-order valence-corrected chi connectivity index (χ2v) is 3.73. The zero-order valence-corrected chi connectivity index (χ0v) is 9.25. The van der Waals surface area contributed by atoms with Crippen LogP contribution in [0.4, 0.5) is 5.69 Å². The smallest absolute Gasteiger partial charge is 0.329 e. The number of H-pyrrole nitrogens is 1. The summed E-state index contributed by atoms with van der Waals surface area (Å²) in [6, 6.07) is 6.53. The van der Waals surface area contributed by atoms with Crippen molar-refractivity contribution in [2.45, 2.75) is 6.54 Å². The van der Waals surface area contributed by atoms with E-state index in [-0.39, 0.29) is 5.69 Å². The Bertz CT molecular complexity index is 657. The molecule has 2 rings (SSSR count). The van der Waals surface area contributed by atoms with Gasteiger partial charge in [-0.05, 0) is 12.1 Å². The number of carboxylic acids is 1. The minimum absolute atomic E-state index is 0.147. The number of nitrogen functional groups attached to an aromatic ring is 1. The molecule has 0 fully saturated rings. The molecule has 1 aromatic heterocycles. The van der Waals surface area contributed by atoms with Crippen molar-refractivity contribution in [2.24, 2.45) is 0 Å². The Morgan fingerprint density at radius 1 is 1.44 bits per heavy atom. The number of aromatic hydroxyl groups is 1. The summed E-state index contributed by atoms with van der Waals surface area (Å²) >= 11 is 0. The highest BCUT2D eigenvalue weighted by molar-refractivity contribution is 5.70. The van der Waals surface area contributed by atoms with Crippen LogP contribution in [0.15, 0.2) is 29.1 Å². The molecule has 7 heteroatoms. The van der Waals surface area contributed by atoms with E-state index in [2.05, 4.69) is 4.98 Å². The van der Waals surface area contributed by atoms with Gasteiger partial charge in [-0.2, -0.15) is 0 Å². The van der Waals surface area contributed by atoms with Crippen LogP contribution in [0.3, 0.4) is 0 Å². The van der Waals surface area contributed by atoms with Crippen LogP contribution in [-0.4, -0.2) is 25.7 Å². The van der Waals surface area contributed by atoms with Gasteiger partial charge in [0.15, 0.2) is 0 Å². The van der Waals surface area contributed by atoms with Crippen LogP contribution in [0.25, 0.3) is 11.3 Å². The fraction of sp³-hybridized carbons (Fsp3) is 0.0909. The Balaban J connectivity index is 2.54. The van der Waals surface area contributed by atoms with Crippen LogP contribution in [0.5, 0.6) is 5.88 Å². The third-order valence-corrected chi connectivity index (χ3v) is 2.43. The number of nitrogens with zero attached hydrogens (tertiary/aromatic N) is 1. The topological polar surface area (TPSA) is 121 Å². The molecule has 0 aliphatic heterocycles. The van der Waals surface area contributed by atoms with Crippen molar-refractivity contribution in [3.63, 3.8) is 0 Å². The number of anilines is 1. The summed E-state index contributed by atoms with van der Waals surface area (Å²) in [5, 5.41) is 18.5. The van der Waals surface area contributed by atoms with E-state index in [1.807, 2.05) is 0 Å². The third kappa shape index (κ3) is 2.05. The first kappa shape index (κ1) is 11.8. The zero-order valence-electron chi connectivity index (χ0n) is 9.25. The predicted octanol–water partition coefficient (Wildman–Crippen LogP) is 0.216. The van der Waals surface area contributed by atoms with E-state index in [1.54, 1.807) is 24.3 Å². The van der Waals surface area contributed by atoms with Gasteiger partial charge in [-0.25, -0.2) is 4.79 Å². The van der Waals surface area contributed by atoms with Crippen molar-refractivity contribution in [3.05, 3.63) is 34.7 Å². The molecule has 0 amide bonds. The van der Waals surface area contributed by atoms with Gasteiger partial charge < -0.3 is 20.9 Å². The number of carbonyl (C=O) groups is 1. The molecular weight excluding hydrogens is 238 g/mol. The van der Waals surface area contributed by atoms with Crippen LogP contribution in [-0.2, 0) is 11.3 Å². The lowest BCUT2D eigenvalue weighted by Crippen LogP contribution is -2.21. The van der Waals surface area contributed by atoms with Crippen LogP contribution < -0.4 is 11.4 Å². The molecule has 1 aromatic carbocycles. The monoisotopic (exact) mass is 249 g/mol. The molecule has 0 bridgehead atoms. The largest absolute Gasteiger partial charge is 0.493 e. The minimum Gasteiger partial charge on any atom is -0.493 e. The second-order valence-electron chi connectivity index (χ2n) is 3.73. The average molecular weight is 249 g/mol. The standard InChI is InChI=1S/C11H11N3O4/c12-7-3-1-2-6(4-7)9-10(17)14(5-8(15)16)11(18)13-9/h1-4,17H,5,12H2,(H,13,18)(H,15,16). The molecule has 2 aromatic rings. The molecule has 0 aliphatic rings. The summed E-state index contributed by atoms with van der Waals surface area (Å²) in [7, 11) is 0. The third-order valence-electron chi connectivity index (χ3n) is 2.43. The number of hydrogen-bond acceptors (Lipinski definition) is 4. The Kier molecular flexibility index (Phi) is 2.80. The van der Waals surface area contributed by atoms with E-state index in [9.17, 15) is 14.7 Å². The second kappa shape index (κ2) is 4.28. The number of imidazole rings is 1. The molecule has 0 aliphatic carbocycles. The van der Waals surface area contributed by atoms with Crippen molar-refractivity contribution in [1.29, 1.82) is 0 Å². The van der Waals surface area contributed by atoms with Gasteiger partial charge in [0.2, 0.25) is 5.88 Å². The molecule has 1 heterocycles. The zero-order chi connectivity index (χ0) is 13.3. The summed E-state index contributed by atoms with van der Waals surface area (Å²) in [5.41, 5.74) is 6.04. The number of aromatic amines is 1. The van der Waals surface area contributed by atoms with E-state index in [1.165, 1.54) is 0 Å². The summed E-state index contributed by atoms with van der Waals surface area (Å²) in [6.07, 6.45) is 0. The van der Waals surface area contributed by atoms with Crippen LogP contribution in [0, 0.1) is 0 Å². The number of nitrogens with two attached hydrogens (primary N) is 1. The Hall–Kier alpha value is -2.70. The Labute approximate surface area is 101 Å². The van der Waals surface area contributed by atoms with Crippen LogP contribution in [0.2, 0.25) is 0 Å². The number of rotatable bonds is 3. The summed E-state index contributed by atoms with van der Waals surface area (Å²) in [4.78, 5) is 24.5. The van der Waals surface area contributed by atoms with Crippen molar-refractivity contribution in [3.8, 4) is 17.1 Å². The normalized spacial score (nSPS) is 10.4. The number of carboxylic acid groups (broad SMARTS) is 1. The summed E-state index contributed by atoms with van der Waals surface area (Å²) < 4.78 is 0.737. The van der Waals surface area contributed by atoms with Crippen LogP contribution in [0.1, 0.15) is 0 Å². The molecular formula is C11H11N3O4. The highest BCUT2D eigenvalue weighted by atomic mass is 16.4. The van der Waals surface area contributed by atoms with Gasteiger partial charge >= 0.3 is 11.7 Å². The van der Waals surface area contributed by atoms with Crippen LogP contribution >= 0.6 is 0 Å². The Morgan fingerprint density at radius 2 is 2.17 bits per heavy atom. The number of aliphatic carboxylic acids is 1. The highest BCUT2D eigenvalue weighted by Gasteiger charge is 2.16. The molecule has 0 radical (unpaired) electrons. The summed E-state index contributed by atoms with van der Waals surface area (Å²) in [6.45, 7) is -0.608. The van der Waals surface area contributed by atoms with Gasteiger partial charge in [0, 0.05) is 11.3 Å². The molecule has 94 valence electrons. The molecule has 18 heavy (non-hydrogen) atoms. The Morgan fingerprint density at radius 3 is 2.78 bits per heavy atom. The van der Waals surface area contributed by atoms with Gasteiger partial charge in [-0.15, -0.1) is 0 Å². The maximum absolute atomic E-state index is 11.5. The number of nitrogens with one attached hydrogen (secondary N) is 1. The van der Waals surface area contributed by atoms with E-state index in [0.717, 1.165) is 4.57 Å². The number of aromatic nitrogens is 2. The van der Waals surface area contributed by atoms with Crippen molar-refractivity contribution >= 4 is 11.7 Å². The maximum atomic E-state index is 11.5. The lowest BCUT2D eigenvalue weighted by molar-refractivity contribution is -0.137. The maximum Gasteiger partial charge on any atom is 0.329 e. The van der Waals surface area contributed by atoms with Gasteiger partial charge in [0.05, 0.1) is 0 Å². The fourth-order valence-electron chi connectivity index (χ4n) is 1.64. The van der Waals surface area contributed by atoms with Gasteiger partial charge in [-0.1, -0.05) is 12.1 Å². The first-order valence-electron chi connectivity index (χ1n) is 5.08. The van der Waals surface area contributed by atoms with Crippen molar-refractivity contribution in [2.75, 3.05) is 5.73 Å². The SMILES string of the molecule is Nc1cccc(-c2[nH]c(=O)n(CC(=O)O)c2O)c1. The predicted molar refractivity (Wildman–Crippen MR) is 64.2 cm³/mol. The number of benzene rings is 1. The molecule has 0 atom stereocenters. The molecule has 0 spiro atoms. The molecule has 0 saturated heterocycles. The first-order chi connectivity index (χ1) is 8.49. The molecule has 5 N–H and O–H groups in total. The first-order valence-corrected chi connectivity index (χ1v) is 5.08.